The highest BCUT2D eigenvalue weighted by Crippen LogP contribution is 2.42. The third-order valence-electron chi connectivity index (χ3n) is 6.06. The molecular formula is C28H25NO7. The number of likely N-dealkylation sites (tertiary alicyclic amines) is 1. The Labute approximate surface area is 208 Å². The normalized spacial score (nSPS) is 16.6. The second-order valence-corrected chi connectivity index (χ2v) is 8.09. The maximum absolute atomic E-state index is 13.3. The van der Waals surface area contributed by atoms with Gasteiger partial charge in [0, 0.05) is 6.54 Å². The number of hydrogen-bond acceptors (Lipinski definition) is 7. The molecule has 1 saturated heterocycles. The first-order valence-electron chi connectivity index (χ1n) is 11.1. The standard InChI is InChI=1S/C28H25NO7/c1-34-20-14-12-18(13-15-20)24-23(25(30)21-6-4-5-7-22(21)35-2)26(31)27(32)29(24)16-17-8-10-19(11-9-17)28(33)36-3/h4-15,24,30H,16H2,1-3H3/b25-23+. The number of methoxy groups -OCH3 is 3. The average Bonchev–Trinajstić information content (AvgIpc) is 3.17. The molecular weight excluding hydrogens is 462 g/mol. The van der Waals surface area contributed by atoms with Crippen molar-refractivity contribution in [1.29, 1.82) is 0 Å². The van der Waals surface area contributed by atoms with E-state index >= 15 is 0 Å². The number of amides is 1. The van der Waals surface area contributed by atoms with Crippen LogP contribution in [0.2, 0.25) is 0 Å². The average molecular weight is 488 g/mol. The highest BCUT2D eigenvalue weighted by Gasteiger charge is 2.46. The van der Waals surface area contributed by atoms with Gasteiger partial charge in [0.15, 0.2) is 0 Å². The zero-order valence-electron chi connectivity index (χ0n) is 20.1. The summed E-state index contributed by atoms with van der Waals surface area (Å²) in [6.45, 7) is 0.0748. The van der Waals surface area contributed by atoms with Gasteiger partial charge in [-0.25, -0.2) is 4.79 Å². The van der Waals surface area contributed by atoms with E-state index in [1.165, 1.54) is 19.1 Å². The Morgan fingerprint density at radius 2 is 1.56 bits per heavy atom. The van der Waals surface area contributed by atoms with Crippen LogP contribution in [-0.2, 0) is 20.9 Å². The number of benzene rings is 3. The van der Waals surface area contributed by atoms with Gasteiger partial charge in [0.1, 0.15) is 17.3 Å². The molecule has 4 rings (SSSR count). The fourth-order valence-corrected chi connectivity index (χ4v) is 4.22. The van der Waals surface area contributed by atoms with E-state index < -0.39 is 23.7 Å². The van der Waals surface area contributed by atoms with Crippen LogP contribution in [0.5, 0.6) is 11.5 Å². The quantitative estimate of drug-likeness (QED) is 0.232. The molecule has 3 aromatic carbocycles. The molecule has 0 bridgehead atoms. The van der Waals surface area contributed by atoms with Gasteiger partial charge in [-0.15, -0.1) is 0 Å². The van der Waals surface area contributed by atoms with Crippen LogP contribution in [0.1, 0.15) is 33.1 Å². The van der Waals surface area contributed by atoms with Crippen molar-refractivity contribution >= 4 is 23.4 Å². The number of carbonyl (C=O) groups excluding carboxylic acids is 3. The molecule has 8 heteroatoms. The SMILES string of the molecule is COC(=O)c1ccc(CN2C(=O)C(=O)/C(=C(/O)c3ccccc3OC)C2c2ccc(OC)cc2)cc1. The summed E-state index contributed by atoms with van der Waals surface area (Å²) in [6, 6.07) is 19.4. The molecule has 36 heavy (non-hydrogen) atoms. The molecule has 1 aliphatic rings. The summed E-state index contributed by atoms with van der Waals surface area (Å²) in [4.78, 5) is 39.7. The first-order valence-corrected chi connectivity index (χ1v) is 11.1. The van der Waals surface area contributed by atoms with Crippen LogP contribution in [-0.4, -0.2) is 49.0 Å². The lowest BCUT2D eigenvalue weighted by Gasteiger charge is -2.26. The number of esters is 1. The maximum Gasteiger partial charge on any atom is 0.337 e. The van der Waals surface area contributed by atoms with Crippen molar-refractivity contribution in [2.75, 3.05) is 21.3 Å². The third kappa shape index (κ3) is 4.53. The van der Waals surface area contributed by atoms with Crippen LogP contribution in [0, 0.1) is 0 Å². The number of para-hydroxylation sites is 1. The number of rotatable bonds is 7. The van der Waals surface area contributed by atoms with Gasteiger partial charge in [-0.1, -0.05) is 36.4 Å². The minimum atomic E-state index is -0.860. The van der Waals surface area contributed by atoms with Crippen molar-refractivity contribution in [3.8, 4) is 11.5 Å². The second kappa shape index (κ2) is 10.4. The number of Topliss-reactive ketones (excluding diaryl/α,β-unsaturated/α-hetero) is 1. The molecule has 0 saturated carbocycles. The zero-order chi connectivity index (χ0) is 25.8. The summed E-state index contributed by atoms with van der Waals surface area (Å²) in [6.07, 6.45) is 0. The summed E-state index contributed by atoms with van der Waals surface area (Å²) in [5.41, 5.74) is 1.95. The molecule has 1 amide bonds. The molecule has 1 fully saturated rings. The molecule has 0 aromatic heterocycles. The molecule has 8 nitrogen and oxygen atoms in total. The van der Waals surface area contributed by atoms with Gasteiger partial charge in [-0.3, -0.25) is 9.59 Å². The van der Waals surface area contributed by atoms with Crippen molar-refractivity contribution in [3.05, 3.63) is 101 Å². The number of aliphatic hydroxyl groups excluding tert-OH is 1. The van der Waals surface area contributed by atoms with Crippen molar-refractivity contribution < 1.29 is 33.7 Å². The molecule has 1 heterocycles. The van der Waals surface area contributed by atoms with Crippen LogP contribution in [0.4, 0.5) is 0 Å². The minimum absolute atomic E-state index is 0.0409. The van der Waals surface area contributed by atoms with Gasteiger partial charge in [-0.2, -0.15) is 0 Å². The monoisotopic (exact) mass is 487 g/mol. The highest BCUT2D eigenvalue weighted by atomic mass is 16.5. The number of nitrogens with zero attached hydrogens (tertiary/aromatic N) is 1. The predicted molar refractivity (Wildman–Crippen MR) is 132 cm³/mol. The van der Waals surface area contributed by atoms with Crippen LogP contribution in [0.25, 0.3) is 5.76 Å². The van der Waals surface area contributed by atoms with E-state index in [9.17, 15) is 19.5 Å². The van der Waals surface area contributed by atoms with Gasteiger partial charge in [0.2, 0.25) is 0 Å². The Bertz CT molecular complexity index is 1330. The van der Waals surface area contributed by atoms with Crippen molar-refractivity contribution in [2.45, 2.75) is 12.6 Å². The number of hydrogen-bond donors (Lipinski definition) is 1. The zero-order valence-corrected chi connectivity index (χ0v) is 20.1. The summed E-state index contributed by atoms with van der Waals surface area (Å²) >= 11 is 0. The lowest BCUT2D eigenvalue weighted by molar-refractivity contribution is -0.140. The molecule has 0 spiro atoms. The van der Waals surface area contributed by atoms with Gasteiger partial charge in [0.05, 0.1) is 44.1 Å². The van der Waals surface area contributed by atoms with Crippen LogP contribution >= 0.6 is 0 Å². The second-order valence-electron chi connectivity index (χ2n) is 8.09. The first kappa shape index (κ1) is 24.5. The Hall–Kier alpha value is -4.59. The van der Waals surface area contributed by atoms with Crippen molar-refractivity contribution in [3.63, 3.8) is 0 Å². The maximum atomic E-state index is 13.3. The number of ether oxygens (including phenoxy) is 3. The van der Waals surface area contributed by atoms with E-state index in [-0.39, 0.29) is 17.9 Å². The number of carbonyl (C=O) groups is 3. The van der Waals surface area contributed by atoms with E-state index in [4.69, 9.17) is 14.2 Å². The Balaban J connectivity index is 1.82. The van der Waals surface area contributed by atoms with E-state index in [2.05, 4.69) is 0 Å². The lowest BCUT2D eigenvalue weighted by Crippen LogP contribution is -2.29. The summed E-state index contributed by atoms with van der Waals surface area (Å²) in [7, 11) is 4.30. The largest absolute Gasteiger partial charge is 0.507 e. The Kier molecular flexibility index (Phi) is 7.05. The Morgan fingerprint density at radius 3 is 2.17 bits per heavy atom. The summed E-state index contributed by atoms with van der Waals surface area (Å²) in [5, 5.41) is 11.3. The van der Waals surface area contributed by atoms with Crippen molar-refractivity contribution in [1.82, 2.24) is 4.90 Å². The van der Waals surface area contributed by atoms with Gasteiger partial charge < -0.3 is 24.2 Å². The fraction of sp³-hybridized carbons (Fsp3) is 0.179. The van der Waals surface area contributed by atoms with Gasteiger partial charge >= 0.3 is 5.97 Å². The third-order valence-corrected chi connectivity index (χ3v) is 6.06. The van der Waals surface area contributed by atoms with Crippen LogP contribution in [0.15, 0.2) is 78.4 Å². The van der Waals surface area contributed by atoms with E-state index in [1.54, 1.807) is 79.9 Å². The molecule has 0 aliphatic carbocycles. The number of ketones is 1. The van der Waals surface area contributed by atoms with E-state index in [1.807, 2.05) is 0 Å². The first-order chi connectivity index (χ1) is 17.4. The molecule has 3 aromatic rings. The smallest absolute Gasteiger partial charge is 0.337 e. The molecule has 0 radical (unpaired) electrons. The lowest BCUT2D eigenvalue weighted by atomic mass is 9.94. The van der Waals surface area contributed by atoms with Crippen molar-refractivity contribution in [2.24, 2.45) is 0 Å². The molecule has 1 unspecified atom stereocenters. The topological polar surface area (TPSA) is 102 Å². The summed E-state index contributed by atoms with van der Waals surface area (Å²) in [5.74, 6) is -1.37. The minimum Gasteiger partial charge on any atom is -0.507 e. The Morgan fingerprint density at radius 1 is 0.889 bits per heavy atom. The molecule has 184 valence electrons. The fourth-order valence-electron chi connectivity index (χ4n) is 4.22. The molecule has 1 atom stereocenters. The summed E-state index contributed by atoms with van der Waals surface area (Å²) < 4.78 is 15.3. The van der Waals surface area contributed by atoms with Crippen LogP contribution < -0.4 is 9.47 Å². The van der Waals surface area contributed by atoms with Crippen LogP contribution in [0.3, 0.4) is 0 Å². The van der Waals surface area contributed by atoms with Gasteiger partial charge in [-0.05, 0) is 47.5 Å². The van der Waals surface area contributed by atoms with Gasteiger partial charge in [0.25, 0.3) is 11.7 Å². The van der Waals surface area contributed by atoms with E-state index in [0.717, 1.165) is 0 Å². The van der Waals surface area contributed by atoms with E-state index in [0.29, 0.717) is 33.8 Å². The molecule has 1 aliphatic heterocycles. The number of aliphatic hydroxyl groups is 1. The predicted octanol–water partition coefficient (Wildman–Crippen LogP) is 4.11. The molecule has 1 N–H and O–H groups in total. The highest BCUT2D eigenvalue weighted by molar-refractivity contribution is 6.46.